The maximum atomic E-state index is 12.8. The van der Waals surface area contributed by atoms with E-state index in [1.54, 1.807) is 0 Å². The summed E-state index contributed by atoms with van der Waals surface area (Å²) in [5, 5.41) is 0. The van der Waals surface area contributed by atoms with Crippen molar-refractivity contribution in [3.05, 3.63) is 130 Å². The van der Waals surface area contributed by atoms with Crippen LogP contribution in [0, 0.1) is 0 Å². The molecule has 0 saturated heterocycles. The van der Waals surface area contributed by atoms with Gasteiger partial charge in [0.1, 0.15) is 0 Å². The Morgan fingerprint density at radius 2 is 0.897 bits per heavy atom. The highest BCUT2D eigenvalue weighted by molar-refractivity contribution is 6.10. The highest BCUT2D eigenvalue weighted by Crippen LogP contribution is 2.38. The van der Waals surface area contributed by atoms with E-state index >= 15 is 0 Å². The highest BCUT2D eigenvalue weighted by Gasteiger charge is 2.22. The first kappa shape index (κ1) is 17.3. The fourth-order valence-corrected chi connectivity index (χ4v) is 4.01. The molecule has 0 amide bonds. The van der Waals surface area contributed by atoms with Crippen molar-refractivity contribution in [1.82, 2.24) is 0 Å². The molecule has 0 atom stereocenters. The molecule has 0 aromatic heterocycles. The summed E-state index contributed by atoms with van der Waals surface area (Å²) < 4.78 is 0. The van der Waals surface area contributed by atoms with Crippen LogP contribution in [0.2, 0.25) is 0 Å². The molecule has 0 saturated carbocycles. The van der Waals surface area contributed by atoms with Crippen LogP contribution < -0.4 is 0 Å². The summed E-state index contributed by atoms with van der Waals surface area (Å²) in [7, 11) is 0. The van der Waals surface area contributed by atoms with Crippen LogP contribution in [0.25, 0.3) is 11.1 Å². The van der Waals surface area contributed by atoms with Gasteiger partial charge in [-0.05, 0) is 40.8 Å². The van der Waals surface area contributed by atoms with Gasteiger partial charge in [0.15, 0.2) is 11.6 Å². The molecule has 138 valence electrons. The summed E-state index contributed by atoms with van der Waals surface area (Å²) in [5.74, 6) is 0.0635. The zero-order chi connectivity index (χ0) is 19.8. The topological polar surface area (TPSA) is 34.1 Å². The maximum absolute atomic E-state index is 12.8. The molecule has 0 unspecified atom stereocenters. The molecule has 1 aliphatic rings. The summed E-state index contributed by atoms with van der Waals surface area (Å²) in [6.07, 6.45) is 0.733. The van der Waals surface area contributed by atoms with Crippen molar-refractivity contribution in [2.24, 2.45) is 0 Å². The van der Waals surface area contributed by atoms with Crippen molar-refractivity contribution < 1.29 is 9.59 Å². The zero-order valence-electron chi connectivity index (χ0n) is 15.8. The Balaban J connectivity index is 1.46. The first-order valence-corrected chi connectivity index (χ1v) is 9.66. The van der Waals surface area contributed by atoms with Gasteiger partial charge in [-0.25, -0.2) is 0 Å². The van der Waals surface area contributed by atoms with Gasteiger partial charge in [0.2, 0.25) is 0 Å². The Hall–Kier alpha value is -3.78. The first-order chi connectivity index (χ1) is 14.2. The Bertz CT molecular complexity index is 1140. The monoisotopic (exact) mass is 374 g/mol. The molecule has 0 radical (unpaired) electrons. The number of carbonyl (C=O) groups is 2. The van der Waals surface area contributed by atoms with E-state index in [2.05, 4.69) is 0 Å². The Kier molecular flexibility index (Phi) is 4.18. The van der Waals surface area contributed by atoms with Crippen LogP contribution in [0.3, 0.4) is 0 Å². The summed E-state index contributed by atoms with van der Waals surface area (Å²) in [6.45, 7) is 0. The summed E-state index contributed by atoms with van der Waals surface area (Å²) in [4.78, 5) is 25.5. The summed E-state index contributed by atoms with van der Waals surface area (Å²) >= 11 is 0. The van der Waals surface area contributed by atoms with E-state index in [-0.39, 0.29) is 11.6 Å². The van der Waals surface area contributed by atoms with Crippen molar-refractivity contribution in [2.75, 3.05) is 0 Å². The van der Waals surface area contributed by atoms with Crippen molar-refractivity contribution in [3.8, 4) is 11.1 Å². The molecular weight excluding hydrogens is 356 g/mol. The molecule has 0 aliphatic heterocycles. The second-order valence-electron chi connectivity index (χ2n) is 7.31. The number of hydrogen-bond acceptors (Lipinski definition) is 2. The average Bonchev–Trinajstić information content (AvgIpc) is 3.16. The number of benzene rings is 4. The number of ketones is 2. The predicted molar refractivity (Wildman–Crippen MR) is 114 cm³/mol. The van der Waals surface area contributed by atoms with E-state index in [1.807, 2.05) is 97.1 Å². The third-order valence-electron chi connectivity index (χ3n) is 5.48. The number of rotatable bonds is 4. The lowest BCUT2D eigenvalue weighted by Gasteiger charge is -2.06. The Morgan fingerprint density at radius 3 is 1.31 bits per heavy atom. The molecule has 5 rings (SSSR count). The molecular formula is C27H18O2. The third kappa shape index (κ3) is 3.09. The van der Waals surface area contributed by atoms with Crippen LogP contribution in [0.15, 0.2) is 97.1 Å². The molecule has 0 fully saturated rings. The molecule has 2 heteroatoms. The number of fused-ring (bicyclic) bond motifs is 3. The van der Waals surface area contributed by atoms with Crippen molar-refractivity contribution in [3.63, 3.8) is 0 Å². The summed E-state index contributed by atoms with van der Waals surface area (Å²) in [5.41, 5.74) is 7.33. The normalized spacial score (nSPS) is 11.6. The molecule has 4 aromatic rings. The summed E-state index contributed by atoms with van der Waals surface area (Å²) in [6, 6.07) is 30.5. The lowest BCUT2D eigenvalue weighted by molar-refractivity contribution is 0.103. The van der Waals surface area contributed by atoms with Crippen LogP contribution in [0.4, 0.5) is 0 Å². The molecule has 4 aromatic carbocycles. The molecule has 0 spiro atoms. The Labute approximate surface area is 169 Å². The van der Waals surface area contributed by atoms with E-state index in [9.17, 15) is 9.59 Å². The fraction of sp³-hybridized carbons (Fsp3) is 0.0370. The van der Waals surface area contributed by atoms with Gasteiger partial charge < -0.3 is 0 Å². The third-order valence-corrected chi connectivity index (χ3v) is 5.48. The maximum Gasteiger partial charge on any atom is 0.193 e. The molecule has 1 aliphatic carbocycles. The minimum Gasteiger partial charge on any atom is -0.289 e. The second-order valence-corrected chi connectivity index (χ2v) is 7.31. The predicted octanol–water partition coefficient (Wildman–Crippen LogP) is 5.72. The first-order valence-electron chi connectivity index (χ1n) is 9.66. The van der Waals surface area contributed by atoms with Gasteiger partial charge >= 0.3 is 0 Å². The minimum absolute atomic E-state index is 0.0318. The lowest BCUT2D eigenvalue weighted by Crippen LogP contribution is -2.01. The standard InChI is InChI=1S/C27H18O2/c28-26(18-7-3-1-4-8-18)20-11-13-24-22(15-20)17-23-16-21(12-14-25(23)24)27(29)19-9-5-2-6-10-19/h1-16H,17H2. The molecule has 0 N–H and O–H groups in total. The van der Waals surface area contributed by atoms with E-state index < -0.39 is 0 Å². The average molecular weight is 374 g/mol. The van der Waals surface area contributed by atoms with Crippen molar-refractivity contribution in [1.29, 1.82) is 0 Å². The second kappa shape index (κ2) is 6.99. The van der Waals surface area contributed by atoms with Gasteiger partial charge in [-0.15, -0.1) is 0 Å². The van der Waals surface area contributed by atoms with Crippen LogP contribution in [0.5, 0.6) is 0 Å². The van der Waals surface area contributed by atoms with E-state index in [1.165, 1.54) is 0 Å². The smallest absolute Gasteiger partial charge is 0.193 e. The Morgan fingerprint density at radius 1 is 0.483 bits per heavy atom. The van der Waals surface area contributed by atoms with Crippen LogP contribution in [0.1, 0.15) is 43.0 Å². The van der Waals surface area contributed by atoms with Gasteiger partial charge in [0, 0.05) is 22.3 Å². The van der Waals surface area contributed by atoms with E-state index in [4.69, 9.17) is 0 Å². The van der Waals surface area contributed by atoms with Gasteiger partial charge in [0.25, 0.3) is 0 Å². The molecule has 0 bridgehead atoms. The van der Waals surface area contributed by atoms with E-state index in [0.29, 0.717) is 22.3 Å². The lowest BCUT2D eigenvalue weighted by atomic mass is 9.97. The highest BCUT2D eigenvalue weighted by atomic mass is 16.1. The number of hydrogen-bond donors (Lipinski definition) is 0. The van der Waals surface area contributed by atoms with Gasteiger partial charge in [-0.1, -0.05) is 84.9 Å². The molecule has 29 heavy (non-hydrogen) atoms. The SMILES string of the molecule is O=C(c1ccccc1)c1ccc2c(c1)Cc1cc(C(=O)c3ccccc3)ccc1-2. The van der Waals surface area contributed by atoms with Crippen LogP contribution in [-0.4, -0.2) is 11.6 Å². The van der Waals surface area contributed by atoms with Crippen molar-refractivity contribution >= 4 is 11.6 Å². The minimum atomic E-state index is 0.0318. The fourth-order valence-electron chi connectivity index (χ4n) is 4.01. The molecule has 2 nitrogen and oxygen atoms in total. The van der Waals surface area contributed by atoms with Crippen LogP contribution >= 0.6 is 0 Å². The zero-order valence-corrected chi connectivity index (χ0v) is 15.8. The quantitative estimate of drug-likeness (QED) is 0.377. The van der Waals surface area contributed by atoms with Gasteiger partial charge in [-0.2, -0.15) is 0 Å². The molecule has 0 heterocycles. The number of carbonyl (C=O) groups excluding carboxylic acids is 2. The van der Waals surface area contributed by atoms with Gasteiger partial charge in [0.05, 0.1) is 0 Å². The largest absolute Gasteiger partial charge is 0.289 e. The van der Waals surface area contributed by atoms with Crippen molar-refractivity contribution in [2.45, 2.75) is 6.42 Å². The van der Waals surface area contributed by atoms with E-state index in [0.717, 1.165) is 28.7 Å². The van der Waals surface area contributed by atoms with Crippen LogP contribution in [-0.2, 0) is 6.42 Å². The van der Waals surface area contributed by atoms with Gasteiger partial charge in [-0.3, -0.25) is 9.59 Å².